The quantitative estimate of drug-likeness (QED) is 0.653. The van der Waals surface area contributed by atoms with E-state index < -0.39 is 0 Å². The summed E-state index contributed by atoms with van der Waals surface area (Å²) in [6.45, 7) is 8.88. The van der Waals surface area contributed by atoms with Crippen molar-refractivity contribution in [3.05, 3.63) is 0 Å². The van der Waals surface area contributed by atoms with Gasteiger partial charge in [0.05, 0.1) is 6.10 Å². The van der Waals surface area contributed by atoms with Crippen molar-refractivity contribution < 1.29 is 4.74 Å². The van der Waals surface area contributed by atoms with E-state index in [1.807, 2.05) is 0 Å². The SMILES string of the molecule is CC(C)CC(C)NCCCOC1CCCCC1. The van der Waals surface area contributed by atoms with Crippen LogP contribution in [0.25, 0.3) is 0 Å². The molecule has 0 aromatic heterocycles. The first-order chi connectivity index (χ1) is 8.18. The molecular weight excluding hydrogens is 210 g/mol. The van der Waals surface area contributed by atoms with Gasteiger partial charge in [0.2, 0.25) is 0 Å². The zero-order valence-electron chi connectivity index (χ0n) is 12.0. The molecule has 1 fully saturated rings. The van der Waals surface area contributed by atoms with Gasteiger partial charge >= 0.3 is 0 Å². The Kier molecular flexibility index (Phi) is 7.87. The summed E-state index contributed by atoms with van der Waals surface area (Å²) >= 11 is 0. The Bertz CT molecular complexity index is 176. The van der Waals surface area contributed by atoms with Crippen LogP contribution >= 0.6 is 0 Å². The van der Waals surface area contributed by atoms with Gasteiger partial charge in [-0.25, -0.2) is 0 Å². The van der Waals surface area contributed by atoms with E-state index in [0.29, 0.717) is 12.1 Å². The van der Waals surface area contributed by atoms with Gasteiger partial charge in [0.25, 0.3) is 0 Å². The molecule has 0 spiro atoms. The molecule has 1 atom stereocenters. The highest BCUT2D eigenvalue weighted by Crippen LogP contribution is 2.20. The Balaban J connectivity index is 1.89. The van der Waals surface area contributed by atoms with Crippen molar-refractivity contribution in [2.45, 2.75) is 77.9 Å². The Morgan fingerprint density at radius 3 is 2.47 bits per heavy atom. The molecular formula is C15H31NO. The normalized spacial score (nSPS) is 19.8. The summed E-state index contributed by atoms with van der Waals surface area (Å²) in [6, 6.07) is 0.643. The van der Waals surface area contributed by atoms with Gasteiger partial charge in [0, 0.05) is 12.6 Å². The van der Waals surface area contributed by atoms with Crippen LogP contribution in [0.1, 0.15) is 65.7 Å². The van der Waals surface area contributed by atoms with Gasteiger partial charge in [-0.1, -0.05) is 33.1 Å². The van der Waals surface area contributed by atoms with Crippen molar-refractivity contribution in [1.82, 2.24) is 5.32 Å². The van der Waals surface area contributed by atoms with Crippen molar-refractivity contribution in [3.63, 3.8) is 0 Å². The molecule has 0 saturated heterocycles. The van der Waals surface area contributed by atoms with Crippen molar-refractivity contribution >= 4 is 0 Å². The van der Waals surface area contributed by atoms with Gasteiger partial charge in [-0.15, -0.1) is 0 Å². The Labute approximate surface area is 108 Å². The predicted octanol–water partition coefficient (Wildman–Crippen LogP) is 3.75. The highest BCUT2D eigenvalue weighted by atomic mass is 16.5. The lowest BCUT2D eigenvalue weighted by atomic mass is 9.98. The van der Waals surface area contributed by atoms with Crippen LogP contribution in [0, 0.1) is 5.92 Å². The number of rotatable bonds is 8. The second-order valence-electron chi connectivity index (χ2n) is 5.97. The highest BCUT2D eigenvalue weighted by molar-refractivity contribution is 4.66. The summed E-state index contributed by atoms with van der Waals surface area (Å²) in [7, 11) is 0. The standard InChI is InChI=1S/C15H31NO/c1-13(2)12-14(3)16-10-7-11-17-15-8-5-4-6-9-15/h13-16H,4-12H2,1-3H3. The van der Waals surface area contributed by atoms with Gasteiger partial charge in [-0.2, -0.15) is 0 Å². The Morgan fingerprint density at radius 2 is 1.82 bits per heavy atom. The lowest BCUT2D eigenvalue weighted by Crippen LogP contribution is -2.29. The molecule has 1 saturated carbocycles. The van der Waals surface area contributed by atoms with E-state index in [4.69, 9.17) is 4.74 Å². The fourth-order valence-electron chi connectivity index (χ4n) is 2.69. The molecule has 0 aliphatic heterocycles. The second-order valence-corrected chi connectivity index (χ2v) is 5.97. The van der Waals surface area contributed by atoms with Gasteiger partial charge in [-0.3, -0.25) is 0 Å². The Hall–Kier alpha value is -0.0800. The molecule has 1 rings (SSSR count). The third-order valence-corrected chi connectivity index (χ3v) is 3.54. The number of nitrogens with one attached hydrogen (secondary N) is 1. The van der Waals surface area contributed by atoms with E-state index in [1.54, 1.807) is 0 Å². The van der Waals surface area contributed by atoms with Gasteiger partial charge in [0.15, 0.2) is 0 Å². The molecule has 1 aliphatic rings. The van der Waals surface area contributed by atoms with Crippen LogP contribution in [0.4, 0.5) is 0 Å². The molecule has 1 N–H and O–H groups in total. The topological polar surface area (TPSA) is 21.3 Å². The first kappa shape index (κ1) is 15.0. The molecule has 17 heavy (non-hydrogen) atoms. The predicted molar refractivity (Wildman–Crippen MR) is 74.4 cm³/mol. The number of hydrogen-bond acceptors (Lipinski definition) is 2. The van der Waals surface area contributed by atoms with E-state index in [-0.39, 0.29) is 0 Å². The van der Waals surface area contributed by atoms with E-state index in [0.717, 1.165) is 25.5 Å². The molecule has 2 heteroatoms. The summed E-state index contributed by atoms with van der Waals surface area (Å²) in [5, 5.41) is 3.57. The largest absolute Gasteiger partial charge is 0.378 e. The monoisotopic (exact) mass is 241 g/mol. The fourth-order valence-corrected chi connectivity index (χ4v) is 2.69. The van der Waals surface area contributed by atoms with Crippen LogP contribution in [-0.4, -0.2) is 25.3 Å². The Morgan fingerprint density at radius 1 is 1.12 bits per heavy atom. The van der Waals surface area contributed by atoms with Crippen molar-refractivity contribution in [1.29, 1.82) is 0 Å². The van der Waals surface area contributed by atoms with Crippen LogP contribution < -0.4 is 5.32 Å². The molecule has 0 radical (unpaired) electrons. The van der Waals surface area contributed by atoms with Crippen LogP contribution in [0.3, 0.4) is 0 Å². The summed E-state index contributed by atoms with van der Waals surface area (Å²) in [5.41, 5.74) is 0. The smallest absolute Gasteiger partial charge is 0.0575 e. The summed E-state index contributed by atoms with van der Waals surface area (Å²) in [5.74, 6) is 0.788. The van der Waals surface area contributed by atoms with Crippen LogP contribution in [0.15, 0.2) is 0 Å². The average Bonchev–Trinajstić information content (AvgIpc) is 2.29. The number of ether oxygens (including phenoxy) is 1. The molecule has 1 unspecified atom stereocenters. The molecule has 0 aromatic rings. The minimum Gasteiger partial charge on any atom is -0.378 e. The van der Waals surface area contributed by atoms with Crippen LogP contribution in [-0.2, 0) is 4.74 Å². The van der Waals surface area contributed by atoms with Gasteiger partial charge in [0.1, 0.15) is 0 Å². The molecule has 0 aromatic carbocycles. The summed E-state index contributed by atoms with van der Waals surface area (Å²) < 4.78 is 5.91. The third kappa shape index (κ3) is 7.77. The zero-order valence-corrected chi connectivity index (χ0v) is 12.0. The first-order valence-electron chi connectivity index (χ1n) is 7.53. The maximum absolute atomic E-state index is 5.91. The van der Waals surface area contributed by atoms with E-state index in [2.05, 4.69) is 26.1 Å². The number of hydrogen-bond donors (Lipinski definition) is 1. The minimum atomic E-state index is 0.567. The van der Waals surface area contributed by atoms with E-state index in [1.165, 1.54) is 38.5 Å². The van der Waals surface area contributed by atoms with Gasteiger partial charge in [-0.05, 0) is 45.1 Å². The van der Waals surface area contributed by atoms with Crippen molar-refractivity contribution in [3.8, 4) is 0 Å². The van der Waals surface area contributed by atoms with Crippen molar-refractivity contribution in [2.24, 2.45) is 5.92 Å². The zero-order chi connectivity index (χ0) is 12.5. The molecule has 102 valence electrons. The molecule has 0 bridgehead atoms. The fraction of sp³-hybridized carbons (Fsp3) is 1.00. The van der Waals surface area contributed by atoms with Crippen molar-refractivity contribution in [2.75, 3.05) is 13.2 Å². The summed E-state index contributed by atoms with van der Waals surface area (Å²) in [6.07, 6.45) is 9.71. The third-order valence-electron chi connectivity index (χ3n) is 3.54. The van der Waals surface area contributed by atoms with Crippen LogP contribution in [0.2, 0.25) is 0 Å². The average molecular weight is 241 g/mol. The van der Waals surface area contributed by atoms with Crippen LogP contribution in [0.5, 0.6) is 0 Å². The lowest BCUT2D eigenvalue weighted by Gasteiger charge is -2.22. The molecule has 0 amide bonds. The second kappa shape index (κ2) is 8.93. The first-order valence-corrected chi connectivity index (χ1v) is 7.53. The maximum Gasteiger partial charge on any atom is 0.0575 e. The maximum atomic E-state index is 5.91. The molecule has 0 heterocycles. The minimum absolute atomic E-state index is 0.567. The van der Waals surface area contributed by atoms with Gasteiger partial charge < -0.3 is 10.1 Å². The summed E-state index contributed by atoms with van der Waals surface area (Å²) in [4.78, 5) is 0. The lowest BCUT2D eigenvalue weighted by molar-refractivity contribution is 0.0271. The molecule has 1 aliphatic carbocycles. The molecule has 2 nitrogen and oxygen atoms in total. The highest BCUT2D eigenvalue weighted by Gasteiger charge is 2.13. The van der Waals surface area contributed by atoms with E-state index in [9.17, 15) is 0 Å². The van der Waals surface area contributed by atoms with E-state index >= 15 is 0 Å².